The van der Waals surface area contributed by atoms with Crippen molar-refractivity contribution in [3.05, 3.63) is 54.6 Å². The van der Waals surface area contributed by atoms with Crippen LogP contribution in [-0.4, -0.2) is 19.1 Å². The van der Waals surface area contributed by atoms with Crippen molar-refractivity contribution in [2.24, 2.45) is 0 Å². The molecule has 2 N–H and O–H groups in total. The van der Waals surface area contributed by atoms with Gasteiger partial charge in [-0.15, -0.1) is 0 Å². The maximum absolute atomic E-state index is 12.0. The standard InChI is InChI=1S/C18H21N3O/c22-18(19-15-8-3-1-4-9-15)20-16-10-7-11-17(14-16)21-12-5-2-6-13-21/h1,3-4,7-11,14H,2,5-6,12-13H2,(H2,19,20,22). The van der Waals surface area contributed by atoms with Gasteiger partial charge in [0.1, 0.15) is 0 Å². The van der Waals surface area contributed by atoms with Gasteiger partial charge in [-0.05, 0) is 49.6 Å². The van der Waals surface area contributed by atoms with Crippen molar-refractivity contribution in [2.75, 3.05) is 28.6 Å². The summed E-state index contributed by atoms with van der Waals surface area (Å²) >= 11 is 0. The van der Waals surface area contributed by atoms with Gasteiger partial charge in [0, 0.05) is 30.2 Å². The molecular formula is C18H21N3O. The lowest BCUT2D eigenvalue weighted by atomic mass is 10.1. The third kappa shape index (κ3) is 3.79. The quantitative estimate of drug-likeness (QED) is 0.885. The molecule has 4 heteroatoms. The number of urea groups is 1. The van der Waals surface area contributed by atoms with Gasteiger partial charge in [0.05, 0.1) is 0 Å². The predicted octanol–water partition coefficient (Wildman–Crippen LogP) is 4.32. The summed E-state index contributed by atoms with van der Waals surface area (Å²) in [5.74, 6) is 0. The van der Waals surface area contributed by atoms with Crippen molar-refractivity contribution in [2.45, 2.75) is 19.3 Å². The number of nitrogens with zero attached hydrogens (tertiary/aromatic N) is 1. The molecule has 0 atom stereocenters. The molecule has 1 aliphatic heterocycles. The van der Waals surface area contributed by atoms with Crippen molar-refractivity contribution in [3.63, 3.8) is 0 Å². The molecular weight excluding hydrogens is 274 g/mol. The summed E-state index contributed by atoms with van der Waals surface area (Å²) in [5, 5.41) is 5.72. The van der Waals surface area contributed by atoms with Gasteiger partial charge < -0.3 is 15.5 Å². The van der Waals surface area contributed by atoms with Gasteiger partial charge >= 0.3 is 6.03 Å². The lowest BCUT2D eigenvalue weighted by molar-refractivity contribution is 0.262. The number of carbonyl (C=O) groups excluding carboxylic acids is 1. The van der Waals surface area contributed by atoms with E-state index >= 15 is 0 Å². The van der Waals surface area contributed by atoms with Crippen LogP contribution in [0.15, 0.2) is 54.6 Å². The fourth-order valence-corrected chi connectivity index (χ4v) is 2.75. The molecule has 0 bridgehead atoms. The van der Waals surface area contributed by atoms with Crippen molar-refractivity contribution < 1.29 is 4.79 Å². The number of benzene rings is 2. The second-order valence-electron chi connectivity index (χ2n) is 5.54. The van der Waals surface area contributed by atoms with E-state index in [1.807, 2.05) is 48.5 Å². The van der Waals surface area contributed by atoms with Crippen LogP contribution in [0.2, 0.25) is 0 Å². The number of amides is 2. The van der Waals surface area contributed by atoms with Crippen molar-refractivity contribution in [1.82, 2.24) is 0 Å². The number of anilines is 3. The Labute approximate surface area is 131 Å². The first kappa shape index (κ1) is 14.4. The second kappa shape index (κ2) is 6.98. The maximum Gasteiger partial charge on any atom is 0.323 e. The van der Waals surface area contributed by atoms with Crippen LogP contribution < -0.4 is 15.5 Å². The minimum atomic E-state index is -0.220. The SMILES string of the molecule is O=C(Nc1ccccc1)Nc1cccc(N2CCCCC2)c1. The minimum absolute atomic E-state index is 0.220. The number of hydrogen-bond donors (Lipinski definition) is 2. The Bertz CT molecular complexity index is 621. The minimum Gasteiger partial charge on any atom is -0.371 e. The highest BCUT2D eigenvalue weighted by Gasteiger charge is 2.11. The number of para-hydroxylation sites is 1. The number of hydrogen-bond acceptors (Lipinski definition) is 2. The first-order chi connectivity index (χ1) is 10.8. The Hall–Kier alpha value is -2.49. The van der Waals surface area contributed by atoms with Gasteiger partial charge in [-0.3, -0.25) is 0 Å². The summed E-state index contributed by atoms with van der Waals surface area (Å²) in [7, 11) is 0. The van der Waals surface area contributed by atoms with Crippen LogP contribution in [0, 0.1) is 0 Å². The number of rotatable bonds is 3. The monoisotopic (exact) mass is 295 g/mol. The fourth-order valence-electron chi connectivity index (χ4n) is 2.75. The zero-order valence-electron chi connectivity index (χ0n) is 12.6. The zero-order valence-corrected chi connectivity index (χ0v) is 12.6. The van der Waals surface area contributed by atoms with Gasteiger partial charge in [0.2, 0.25) is 0 Å². The van der Waals surface area contributed by atoms with Crippen LogP contribution >= 0.6 is 0 Å². The number of nitrogens with one attached hydrogen (secondary N) is 2. The van der Waals surface area contributed by atoms with Gasteiger partial charge in [0.15, 0.2) is 0 Å². The van der Waals surface area contributed by atoms with E-state index in [2.05, 4.69) is 21.6 Å². The number of carbonyl (C=O) groups is 1. The number of piperidine rings is 1. The topological polar surface area (TPSA) is 44.4 Å². The van der Waals surface area contributed by atoms with E-state index < -0.39 is 0 Å². The van der Waals surface area contributed by atoms with Gasteiger partial charge in [0.25, 0.3) is 0 Å². The highest BCUT2D eigenvalue weighted by Crippen LogP contribution is 2.23. The van der Waals surface area contributed by atoms with Crippen LogP contribution in [0.4, 0.5) is 21.9 Å². The maximum atomic E-state index is 12.0. The molecule has 1 heterocycles. The van der Waals surface area contributed by atoms with Crippen LogP contribution in [-0.2, 0) is 0 Å². The van der Waals surface area contributed by atoms with Gasteiger partial charge in [-0.25, -0.2) is 4.79 Å². The summed E-state index contributed by atoms with van der Waals surface area (Å²) < 4.78 is 0. The molecule has 2 amide bonds. The molecule has 0 aromatic heterocycles. The molecule has 1 saturated heterocycles. The van der Waals surface area contributed by atoms with Gasteiger partial charge in [-0.1, -0.05) is 24.3 Å². The summed E-state index contributed by atoms with van der Waals surface area (Å²) in [6.07, 6.45) is 3.80. The summed E-state index contributed by atoms with van der Waals surface area (Å²) in [4.78, 5) is 14.4. The molecule has 0 spiro atoms. The molecule has 1 aliphatic rings. The van der Waals surface area contributed by atoms with E-state index in [1.54, 1.807) is 0 Å². The summed E-state index contributed by atoms with van der Waals surface area (Å²) in [5.41, 5.74) is 2.78. The average Bonchev–Trinajstić information content (AvgIpc) is 2.57. The smallest absolute Gasteiger partial charge is 0.323 e. The third-order valence-electron chi connectivity index (χ3n) is 3.86. The van der Waals surface area contributed by atoms with E-state index in [4.69, 9.17) is 0 Å². The molecule has 1 fully saturated rings. The van der Waals surface area contributed by atoms with Crippen LogP contribution in [0.5, 0.6) is 0 Å². The van der Waals surface area contributed by atoms with Crippen molar-refractivity contribution in [3.8, 4) is 0 Å². The Kier molecular flexibility index (Phi) is 4.59. The lowest BCUT2D eigenvalue weighted by Crippen LogP contribution is -2.29. The Morgan fingerprint density at radius 1 is 0.818 bits per heavy atom. The molecule has 3 rings (SSSR count). The van der Waals surface area contributed by atoms with Crippen LogP contribution in [0.1, 0.15) is 19.3 Å². The third-order valence-corrected chi connectivity index (χ3v) is 3.86. The van der Waals surface area contributed by atoms with Crippen molar-refractivity contribution in [1.29, 1.82) is 0 Å². The molecule has 22 heavy (non-hydrogen) atoms. The second-order valence-corrected chi connectivity index (χ2v) is 5.54. The van der Waals surface area contributed by atoms with Gasteiger partial charge in [-0.2, -0.15) is 0 Å². The highest BCUT2D eigenvalue weighted by atomic mass is 16.2. The van der Waals surface area contributed by atoms with Crippen LogP contribution in [0.25, 0.3) is 0 Å². The molecule has 2 aromatic rings. The average molecular weight is 295 g/mol. The Morgan fingerprint density at radius 3 is 2.27 bits per heavy atom. The lowest BCUT2D eigenvalue weighted by Gasteiger charge is -2.29. The van der Waals surface area contributed by atoms with E-state index in [0.29, 0.717) is 0 Å². The molecule has 2 aromatic carbocycles. The predicted molar refractivity (Wildman–Crippen MR) is 91.6 cm³/mol. The van der Waals surface area contributed by atoms with E-state index in [1.165, 1.54) is 24.9 Å². The summed E-state index contributed by atoms with van der Waals surface area (Å²) in [6, 6.07) is 17.3. The molecule has 0 unspecified atom stereocenters. The molecule has 0 saturated carbocycles. The molecule has 0 radical (unpaired) electrons. The largest absolute Gasteiger partial charge is 0.371 e. The molecule has 0 aliphatic carbocycles. The normalized spacial score (nSPS) is 14.5. The van der Waals surface area contributed by atoms with Crippen molar-refractivity contribution >= 4 is 23.1 Å². The molecule has 4 nitrogen and oxygen atoms in total. The highest BCUT2D eigenvalue weighted by molar-refractivity contribution is 5.99. The Morgan fingerprint density at radius 2 is 1.50 bits per heavy atom. The van der Waals surface area contributed by atoms with Crippen LogP contribution in [0.3, 0.4) is 0 Å². The van der Waals surface area contributed by atoms with E-state index in [9.17, 15) is 4.79 Å². The zero-order chi connectivity index (χ0) is 15.2. The van der Waals surface area contributed by atoms with E-state index in [0.717, 1.165) is 24.5 Å². The fraction of sp³-hybridized carbons (Fsp3) is 0.278. The Balaban J connectivity index is 1.63. The first-order valence-electron chi connectivity index (χ1n) is 7.79. The summed E-state index contributed by atoms with van der Waals surface area (Å²) in [6.45, 7) is 2.19. The molecule has 114 valence electrons. The van der Waals surface area contributed by atoms with E-state index in [-0.39, 0.29) is 6.03 Å². The first-order valence-corrected chi connectivity index (χ1v) is 7.79.